The third kappa shape index (κ3) is 3.01. The number of halogens is 1. The maximum Gasteiger partial charge on any atom is 0.152 e. The molecule has 2 N–H and O–H groups in total. The average Bonchev–Trinajstić information content (AvgIpc) is 2.67. The molecule has 1 aliphatic rings. The maximum atomic E-state index is 6.30. The van der Waals surface area contributed by atoms with Crippen molar-refractivity contribution in [1.82, 2.24) is 19.4 Å². The Kier molecular flexibility index (Phi) is 5.07. The van der Waals surface area contributed by atoms with Crippen LogP contribution >= 0.6 is 11.6 Å². The van der Waals surface area contributed by atoms with Crippen LogP contribution in [0.1, 0.15) is 31.4 Å². The van der Waals surface area contributed by atoms with Crippen LogP contribution in [0.15, 0.2) is 0 Å². The van der Waals surface area contributed by atoms with Crippen molar-refractivity contribution >= 4 is 11.6 Å². The molecule has 5 nitrogen and oxygen atoms in total. The number of piperazine rings is 1. The number of nitrogens with zero attached hydrogens (tertiary/aromatic N) is 4. The molecule has 1 fully saturated rings. The van der Waals surface area contributed by atoms with E-state index in [0.717, 1.165) is 37.7 Å². The molecule has 0 amide bonds. The predicted molar refractivity (Wildman–Crippen MR) is 83.0 cm³/mol. The number of hydrogen-bond acceptors (Lipinski definition) is 4. The molecule has 1 aliphatic heterocycles. The zero-order valence-electron chi connectivity index (χ0n) is 12.9. The second kappa shape index (κ2) is 6.43. The average molecular weight is 300 g/mol. The molecule has 1 saturated heterocycles. The zero-order valence-corrected chi connectivity index (χ0v) is 13.7. The van der Waals surface area contributed by atoms with Gasteiger partial charge in [-0.3, -0.25) is 9.80 Å². The van der Waals surface area contributed by atoms with Gasteiger partial charge >= 0.3 is 0 Å². The lowest BCUT2D eigenvalue weighted by Crippen LogP contribution is -2.51. The Hall–Kier alpha value is -0.620. The summed E-state index contributed by atoms with van der Waals surface area (Å²) < 4.78 is 2.06. The minimum Gasteiger partial charge on any atom is -0.333 e. The Bertz CT molecular complexity index is 449. The van der Waals surface area contributed by atoms with Crippen LogP contribution in [0.25, 0.3) is 0 Å². The number of imidazole rings is 1. The minimum absolute atomic E-state index is 0.156. The lowest BCUT2D eigenvalue weighted by atomic mass is 10.1. The van der Waals surface area contributed by atoms with Crippen LogP contribution in [-0.4, -0.2) is 58.1 Å². The van der Waals surface area contributed by atoms with Crippen molar-refractivity contribution in [3.8, 4) is 0 Å². The van der Waals surface area contributed by atoms with Gasteiger partial charge in [0.15, 0.2) is 5.15 Å². The van der Waals surface area contributed by atoms with Crippen molar-refractivity contribution in [2.45, 2.75) is 32.9 Å². The van der Waals surface area contributed by atoms with E-state index < -0.39 is 0 Å². The first-order valence-corrected chi connectivity index (χ1v) is 7.70. The normalized spacial score (nSPS) is 19.8. The smallest absolute Gasteiger partial charge is 0.152 e. The number of aryl methyl sites for hydroxylation is 1. The van der Waals surface area contributed by atoms with Gasteiger partial charge in [-0.05, 0) is 20.8 Å². The van der Waals surface area contributed by atoms with Gasteiger partial charge in [0.1, 0.15) is 5.82 Å². The van der Waals surface area contributed by atoms with Crippen LogP contribution in [0.5, 0.6) is 0 Å². The SMILES string of the molecule is Cc1nc(Cl)c(C(CN)N2CCN(C(C)C)CC2)n1C. The van der Waals surface area contributed by atoms with Crippen molar-refractivity contribution in [3.63, 3.8) is 0 Å². The Morgan fingerprint density at radius 1 is 1.20 bits per heavy atom. The lowest BCUT2D eigenvalue weighted by molar-refractivity contribution is 0.0780. The highest BCUT2D eigenvalue weighted by Crippen LogP contribution is 2.28. The lowest BCUT2D eigenvalue weighted by Gasteiger charge is -2.40. The van der Waals surface area contributed by atoms with Crippen molar-refractivity contribution < 1.29 is 0 Å². The molecule has 2 rings (SSSR count). The summed E-state index contributed by atoms with van der Waals surface area (Å²) in [5.74, 6) is 0.935. The molecule has 0 bridgehead atoms. The monoisotopic (exact) mass is 299 g/mol. The van der Waals surface area contributed by atoms with Gasteiger partial charge in [0.25, 0.3) is 0 Å². The van der Waals surface area contributed by atoms with Gasteiger partial charge in [0, 0.05) is 45.8 Å². The third-order valence-electron chi connectivity index (χ3n) is 4.38. The van der Waals surface area contributed by atoms with Crippen LogP contribution in [0, 0.1) is 6.92 Å². The number of nitrogens with two attached hydrogens (primary N) is 1. The van der Waals surface area contributed by atoms with Crippen LogP contribution in [-0.2, 0) is 7.05 Å². The first kappa shape index (κ1) is 15.8. The van der Waals surface area contributed by atoms with Crippen LogP contribution in [0.3, 0.4) is 0 Å². The Morgan fingerprint density at radius 2 is 1.75 bits per heavy atom. The van der Waals surface area contributed by atoms with Gasteiger partial charge < -0.3 is 10.3 Å². The summed E-state index contributed by atoms with van der Waals surface area (Å²) in [7, 11) is 2.01. The predicted octanol–water partition coefficient (Wildman–Crippen LogP) is 1.41. The molecular formula is C14H26ClN5. The fourth-order valence-corrected chi connectivity index (χ4v) is 3.32. The van der Waals surface area contributed by atoms with E-state index in [1.165, 1.54) is 0 Å². The molecule has 2 heterocycles. The third-order valence-corrected chi connectivity index (χ3v) is 4.66. The quantitative estimate of drug-likeness (QED) is 0.913. The standard InChI is InChI=1S/C14H26ClN5/c1-10(2)19-5-7-20(8-6-19)12(9-16)13-14(15)17-11(3)18(13)4/h10,12H,5-9,16H2,1-4H3. The molecule has 0 radical (unpaired) electrons. The van der Waals surface area contributed by atoms with Gasteiger partial charge in [-0.25, -0.2) is 4.98 Å². The number of aromatic nitrogens is 2. The van der Waals surface area contributed by atoms with E-state index in [-0.39, 0.29) is 6.04 Å². The molecule has 0 aliphatic carbocycles. The van der Waals surface area contributed by atoms with Crippen LogP contribution in [0.2, 0.25) is 5.15 Å². The van der Waals surface area contributed by atoms with Gasteiger partial charge in [0.05, 0.1) is 11.7 Å². The molecular weight excluding hydrogens is 274 g/mol. The molecule has 0 saturated carbocycles. The van der Waals surface area contributed by atoms with Crippen LogP contribution < -0.4 is 5.73 Å². The van der Waals surface area contributed by atoms with E-state index in [4.69, 9.17) is 17.3 Å². The molecule has 1 aromatic heterocycles. The molecule has 1 atom stereocenters. The van der Waals surface area contributed by atoms with E-state index in [9.17, 15) is 0 Å². The fourth-order valence-electron chi connectivity index (χ4n) is 2.95. The second-order valence-corrected chi connectivity index (χ2v) is 6.17. The van der Waals surface area contributed by atoms with Gasteiger partial charge in [-0.15, -0.1) is 0 Å². The summed E-state index contributed by atoms with van der Waals surface area (Å²) in [5.41, 5.74) is 7.07. The number of hydrogen-bond donors (Lipinski definition) is 1. The van der Waals surface area contributed by atoms with Crippen molar-refractivity contribution in [1.29, 1.82) is 0 Å². The summed E-state index contributed by atoms with van der Waals surface area (Å²) in [5, 5.41) is 0.590. The van der Waals surface area contributed by atoms with Crippen molar-refractivity contribution in [2.24, 2.45) is 12.8 Å². The first-order valence-electron chi connectivity index (χ1n) is 7.32. The fraction of sp³-hybridized carbons (Fsp3) is 0.786. The Labute approximate surface area is 126 Å². The molecule has 6 heteroatoms. The maximum absolute atomic E-state index is 6.30. The molecule has 1 aromatic rings. The highest BCUT2D eigenvalue weighted by molar-refractivity contribution is 6.30. The molecule has 1 unspecified atom stereocenters. The van der Waals surface area contributed by atoms with Crippen LogP contribution in [0.4, 0.5) is 0 Å². The van der Waals surface area contributed by atoms with Gasteiger partial charge in [-0.2, -0.15) is 0 Å². The molecule has 20 heavy (non-hydrogen) atoms. The summed E-state index contributed by atoms with van der Waals surface area (Å²) in [6.07, 6.45) is 0. The van der Waals surface area contributed by atoms with E-state index in [2.05, 4.69) is 33.2 Å². The zero-order chi connectivity index (χ0) is 14.9. The van der Waals surface area contributed by atoms with Gasteiger partial charge in [0.2, 0.25) is 0 Å². The van der Waals surface area contributed by atoms with Crippen molar-refractivity contribution in [2.75, 3.05) is 32.7 Å². The van der Waals surface area contributed by atoms with Crippen molar-refractivity contribution in [3.05, 3.63) is 16.7 Å². The molecule has 0 aromatic carbocycles. The topological polar surface area (TPSA) is 50.3 Å². The number of rotatable bonds is 4. The van der Waals surface area contributed by atoms with Gasteiger partial charge in [-0.1, -0.05) is 11.6 Å². The summed E-state index contributed by atoms with van der Waals surface area (Å²) in [6.45, 7) is 11.3. The van der Waals surface area contributed by atoms with E-state index >= 15 is 0 Å². The summed E-state index contributed by atoms with van der Waals surface area (Å²) in [6, 6.07) is 0.763. The summed E-state index contributed by atoms with van der Waals surface area (Å²) >= 11 is 6.30. The Morgan fingerprint density at radius 3 is 2.15 bits per heavy atom. The van der Waals surface area contributed by atoms with E-state index in [1.807, 2.05) is 14.0 Å². The largest absolute Gasteiger partial charge is 0.333 e. The highest BCUT2D eigenvalue weighted by atomic mass is 35.5. The molecule has 0 spiro atoms. The van der Waals surface area contributed by atoms with E-state index in [1.54, 1.807) is 0 Å². The highest BCUT2D eigenvalue weighted by Gasteiger charge is 2.29. The minimum atomic E-state index is 0.156. The second-order valence-electron chi connectivity index (χ2n) is 5.81. The first-order chi connectivity index (χ1) is 9.45. The van der Waals surface area contributed by atoms with E-state index in [0.29, 0.717) is 17.7 Å². The summed E-state index contributed by atoms with van der Waals surface area (Å²) in [4.78, 5) is 9.29. The Balaban J connectivity index is 2.14. The molecule has 114 valence electrons.